The van der Waals surface area contributed by atoms with E-state index in [2.05, 4.69) is 9.97 Å². The van der Waals surface area contributed by atoms with Gasteiger partial charge in [-0.25, -0.2) is 0 Å². The van der Waals surface area contributed by atoms with Gasteiger partial charge in [0.1, 0.15) is 0 Å². The average molecular weight is 333 g/mol. The van der Waals surface area contributed by atoms with Crippen molar-refractivity contribution in [1.29, 1.82) is 0 Å². The Labute approximate surface area is 106 Å². The first kappa shape index (κ1) is 17.3. The molecule has 15 heavy (non-hydrogen) atoms. The van der Waals surface area contributed by atoms with E-state index >= 15 is 0 Å². The third kappa shape index (κ3) is 20.1. The molecule has 0 saturated heterocycles. The van der Waals surface area contributed by atoms with Crippen LogP contribution in [0.1, 0.15) is 0 Å². The summed E-state index contributed by atoms with van der Waals surface area (Å²) >= 11 is 3.20. The molecule has 9 heteroatoms. The van der Waals surface area contributed by atoms with Crippen molar-refractivity contribution in [3.8, 4) is 0 Å². The molecule has 0 atom stereocenters. The molecule has 2 heterocycles. The van der Waals surface area contributed by atoms with Crippen LogP contribution in [0.3, 0.4) is 0 Å². The second-order valence-corrected chi connectivity index (χ2v) is 3.71. The fraction of sp³-hybridized carbons (Fsp3) is 0. The lowest BCUT2D eigenvalue weighted by atomic mass is 11.0. The number of nitrogens with zero attached hydrogens (tertiary/aromatic N) is 2. The maximum Gasteiger partial charge on any atom is 0.314 e. The molecule has 0 bridgehead atoms. The van der Waals surface area contributed by atoms with Crippen molar-refractivity contribution >= 4 is 47.9 Å². The van der Waals surface area contributed by atoms with Gasteiger partial charge in [-0.05, 0) is 0 Å². The summed E-state index contributed by atoms with van der Waals surface area (Å²) in [7, 11) is -3.13. The van der Waals surface area contributed by atoms with Gasteiger partial charge >= 0.3 is 8.25 Å². The van der Waals surface area contributed by atoms with Crippen LogP contribution in [0.25, 0.3) is 0 Å². The van der Waals surface area contributed by atoms with Gasteiger partial charge in [-0.15, -0.1) is 39.7 Å². The molecule has 2 aromatic rings. The maximum absolute atomic E-state index is 8.74. The largest absolute Gasteiger partial charge is 0.326 e. The predicted octanol–water partition coefficient (Wildman–Crippen LogP) is 2.22. The molecular weight excluding hydrogens is 323 g/mol. The van der Waals surface area contributed by atoms with E-state index in [0.717, 1.165) is 0 Å². The summed E-state index contributed by atoms with van der Waals surface area (Å²) in [4.78, 5) is 21.8. The monoisotopic (exact) mass is 332 g/mol. The lowest BCUT2D eigenvalue weighted by Gasteiger charge is -1.61. The first-order valence-corrected chi connectivity index (χ1v) is 6.48. The van der Waals surface area contributed by atoms with Crippen molar-refractivity contribution in [2.45, 2.75) is 0 Å². The van der Waals surface area contributed by atoms with Crippen molar-refractivity contribution < 1.29 is 14.4 Å². The maximum atomic E-state index is 8.74. The number of rotatable bonds is 0. The molecule has 0 aliphatic carbocycles. The minimum atomic E-state index is -3.13. The molecule has 86 valence electrons. The number of halogens is 1. The van der Waals surface area contributed by atoms with Gasteiger partial charge < -0.3 is 9.79 Å². The highest BCUT2D eigenvalue weighted by Crippen LogP contribution is 1.98. The van der Waals surface area contributed by atoms with Crippen molar-refractivity contribution in [1.82, 2.24) is 9.97 Å². The second-order valence-electron chi connectivity index (χ2n) is 1.63. The highest BCUT2D eigenvalue weighted by molar-refractivity contribution is 8.93. The highest BCUT2D eigenvalue weighted by atomic mass is 79.9. The smallest absolute Gasteiger partial charge is 0.314 e. The number of hydrogen-bond donors (Lipinski definition) is 2. The summed E-state index contributed by atoms with van der Waals surface area (Å²) in [5.74, 6) is 0. The standard InChI is InChI=1S/2C3H3NS.BrH.H3O3P/c2*1-2-5-3-4-1;;1-4(2)3/h2*1-3H;1H;4H,(H2,1,2,3). The molecule has 2 rings (SSSR count). The Morgan fingerprint density at radius 3 is 1.40 bits per heavy atom. The van der Waals surface area contributed by atoms with Crippen LogP contribution in [0.15, 0.2) is 34.2 Å². The first-order valence-electron chi connectivity index (χ1n) is 3.29. The normalized spacial score (nSPS) is 7.67. The quantitative estimate of drug-likeness (QED) is 0.723. The van der Waals surface area contributed by atoms with Gasteiger partial charge in [0.2, 0.25) is 0 Å². The molecule has 0 unspecified atom stereocenters. The summed E-state index contributed by atoms with van der Waals surface area (Å²) in [6, 6.07) is 0. The lowest BCUT2D eigenvalue weighted by molar-refractivity contribution is 0.405. The van der Waals surface area contributed by atoms with Crippen LogP contribution < -0.4 is 0 Å². The summed E-state index contributed by atoms with van der Waals surface area (Å²) in [5, 5.41) is 3.86. The molecule has 0 aliphatic rings. The Balaban J connectivity index is 0. The van der Waals surface area contributed by atoms with Gasteiger partial charge in [0, 0.05) is 23.2 Å². The fourth-order valence-corrected chi connectivity index (χ4v) is 1.05. The van der Waals surface area contributed by atoms with Gasteiger partial charge in [0.15, 0.2) is 0 Å². The Hall–Kier alpha value is -0.110. The molecular formula is C6H10BrN2O3PS2. The van der Waals surface area contributed by atoms with Crippen LogP contribution in [-0.4, -0.2) is 19.8 Å². The zero-order valence-corrected chi connectivity index (χ0v) is 11.7. The van der Waals surface area contributed by atoms with Crippen molar-refractivity contribution in [2.24, 2.45) is 0 Å². The molecule has 5 nitrogen and oxygen atoms in total. The summed E-state index contributed by atoms with van der Waals surface area (Å²) in [5.41, 5.74) is 3.58. The molecule has 2 N–H and O–H groups in total. The Morgan fingerprint density at radius 1 is 1.00 bits per heavy atom. The van der Waals surface area contributed by atoms with E-state index in [9.17, 15) is 0 Å². The molecule has 0 spiro atoms. The Morgan fingerprint density at radius 2 is 1.33 bits per heavy atom. The zero-order chi connectivity index (χ0) is 10.6. The van der Waals surface area contributed by atoms with E-state index in [1.165, 1.54) is 0 Å². The third-order valence-electron chi connectivity index (χ3n) is 0.694. The SMILES string of the molecule is Br.O=[PH](O)O.c1cscn1.c1cscn1. The zero-order valence-electron chi connectivity index (χ0n) is 7.39. The van der Waals surface area contributed by atoms with E-state index < -0.39 is 8.25 Å². The molecule has 2 aromatic heterocycles. The highest BCUT2D eigenvalue weighted by Gasteiger charge is 1.61. The van der Waals surface area contributed by atoms with Crippen molar-refractivity contribution in [3.63, 3.8) is 0 Å². The number of thiazole rings is 2. The van der Waals surface area contributed by atoms with E-state index in [1.807, 2.05) is 10.8 Å². The number of aromatic nitrogens is 2. The van der Waals surface area contributed by atoms with Crippen LogP contribution >= 0.6 is 47.9 Å². The summed E-state index contributed by atoms with van der Waals surface area (Å²) in [6.07, 6.45) is 3.54. The second kappa shape index (κ2) is 13.9. The fourth-order valence-electron chi connectivity index (χ4n) is 0.351. The summed E-state index contributed by atoms with van der Waals surface area (Å²) < 4.78 is 8.74. The van der Waals surface area contributed by atoms with E-state index in [-0.39, 0.29) is 17.0 Å². The predicted molar refractivity (Wildman–Crippen MR) is 68.0 cm³/mol. The van der Waals surface area contributed by atoms with Crippen molar-refractivity contribution in [3.05, 3.63) is 34.2 Å². The topological polar surface area (TPSA) is 83.3 Å². The van der Waals surface area contributed by atoms with Gasteiger partial charge in [-0.1, -0.05) is 0 Å². The van der Waals surface area contributed by atoms with E-state index in [1.54, 1.807) is 46.1 Å². The van der Waals surface area contributed by atoms with Crippen LogP contribution in [-0.2, 0) is 4.57 Å². The molecule has 0 amide bonds. The van der Waals surface area contributed by atoms with E-state index in [0.29, 0.717) is 0 Å². The van der Waals surface area contributed by atoms with Crippen LogP contribution in [0.5, 0.6) is 0 Å². The molecule has 0 saturated carbocycles. The average Bonchev–Trinajstić information content (AvgIpc) is 2.83. The van der Waals surface area contributed by atoms with Crippen LogP contribution in [0.4, 0.5) is 0 Å². The lowest BCUT2D eigenvalue weighted by Crippen LogP contribution is -1.38. The Bertz CT molecular complexity index is 241. The molecule has 0 fully saturated rings. The molecule has 0 radical (unpaired) electrons. The minimum absolute atomic E-state index is 0. The third-order valence-corrected chi connectivity index (χ3v) is 1.74. The minimum Gasteiger partial charge on any atom is -0.326 e. The summed E-state index contributed by atoms with van der Waals surface area (Å²) in [6.45, 7) is 0. The molecule has 0 aromatic carbocycles. The van der Waals surface area contributed by atoms with Gasteiger partial charge in [-0.2, -0.15) is 0 Å². The molecule has 0 aliphatic heterocycles. The Kier molecular flexibility index (Phi) is 16.0. The van der Waals surface area contributed by atoms with E-state index in [4.69, 9.17) is 14.4 Å². The van der Waals surface area contributed by atoms with Crippen LogP contribution in [0.2, 0.25) is 0 Å². The number of hydrogen-bond acceptors (Lipinski definition) is 5. The van der Waals surface area contributed by atoms with Gasteiger partial charge in [0.25, 0.3) is 0 Å². The first-order chi connectivity index (χ1) is 6.73. The van der Waals surface area contributed by atoms with Crippen LogP contribution in [0, 0.1) is 0 Å². The van der Waals surface area contributed by atoms with Gasteiger partial charge in [-0.3, -0.25) is 14.5 Å². The van der Waals surface area contributed by atoms with Gasteiger partial charge in [0.05, 0.1) is 11.0 Å². The van der Waals surface area contributed by atoms with Crippen molar-refractivity contribution in [2.75, 3.05) is 0 Å².